The number of nitrogens with one attached hydrogen (secondary N) is 2. The molecule has 1 atom stereocenters. The van der Waals surface area contributed by atoms with Crippen molar-refractivity contribution in [3.8, 4) is 0 Å². The monoisotopic (exact) mass is 308 g/mol. The molecule has 0 amide bonds. The number of nitrogens with zero attached hydrogens (tertiary/aromatic N) is 2. The van der Waals surface area contributed by atoms with Gasteiger partial charge in [-0.2, -0.15) is 0 Å². The van der Waals surface area contributed by atoms with Crippen molar-refractivity contribution in [2.24, 2.45) is 10.9 Å². The van der Waals surface area contributed by atoms with Gasteiger partial charge in [-0.05, 0) is 32.6 Å². The first-order chi connectivity index (χ1) is 10.6. The van der Waals surface area contributed by atoms with Crippen LogP contribution in [-0.2, 0) is 6.54 Å². The van der Waals surface area contributed by atoms with E-state index in [9.17, 15) is 0 Å². The maximum absolute atomic E-state index is 5.57. The summed E-state index contributed by atoms with van der Waals surface area (Å²) in [4.78, 5) is 8.64. The summed E-state index contributed by atoms with van der Waals surface area (Å²) in [5.41, 5.74) is 0.947. The molecular weight excluding hydrogens is 276 g/mol. The van der Waals surface area contributed by atoms with Crippen molar-refractivity contribution in [3.63, 3.8) is 0 Å². The highest BCUT2D eigenvalue weighted by Crippen LogP contribution is 2.13. The Labute approximate surface area is 135 Å². The number of guanidine groups is 1. The Morgan fingerprint density at radius 2 is 1.95 bits per heavy atom. The van der Waals surface area contributed by atoms with Gasteiger partial charge in [-0.15, -0.1) is 0 Å². The minimum atomic E-state index is 0.557. The molecule has 0 aliphatic rings. The number of hydrogen-bond donors (Lipinski definition) is 2. The van der Waals surface area contributed by atoms with Gasteiger partial charge in [0.1, 0.15) is 5.76 Å². The van der Waals surface area contributed by atoms with Crippen LogP contribution in [0.1, 0.15) is 63.3 Å². The maximum atomic E-state index is 5.57. The van der Waals surface area contributed by atoms with Gasteiger partial charge in [-0.1, -0.05) is 33.1 Å². The van der Waals surface area contributed by atoms with Crippen LogP contribution < -0.4 is 10.6 Å². The fourth-order valence-corrected chi connectivity index (χ4v) is 2.49. The molecule has 5 heteroatoms. The number of aromatic nitrogens is 1. The highest BCUT2D eigenvalue weighted by molar-refractivity contribution is 5.79. The fraction of sp³-hybridized carbons (Fsp3) is 0.765. The molecule has 0 aromatic carbocycles. The van der Waals surface area contributed by atoms with Gasteiger partial charge in [0.05, 0.1) is 12.2 Å². The molecule has 0 bridgehead atoms. The lowest BCUT2D eigenvalue weighted by Gasteiger charge is -2.18. The average Bonchev–Trinajstić information content (AvgIpc) is 2.83. The Balaban J connectivity index is 2.40. The van der Waals surface area contributed by atoms with Gasteiger partial charge in [0.15, 0.2) is 5.96 Å². The summed E-state index contributed by atoms with van der Waals surface area (Å²) in [7, 11) is 1.79. The van der Waals surface area contributed by atoms with Crippen LogP contribution in [0.15, 0.2) is 9.41 Å². The van der Waals surface area contributed by atoms with E-state index < -0.39 is 0 Å². The molecule has 0 saturated carbocycles. The molecule has 0 aliphatic carbocycles. The first kappa shape index (κ1) is 18.5. The van der Waals surface area contributed by atoms with Gasteiger partial charge < -0.3 is 15.1 Å². The molecule has 1 aromatic heterocycles. The Kier molecular flexibility index (Phi) is 8.63. The summed E-state index contributed by atoms with van der Waals surface area (Å²) >= 11 is 0. The van der Waals surface area contributed by atoms with Crippen molar-refractivity contribution in [2.75, 3.05) is 13.6 Å². The van der Waals surface area contributed by atoms with Gasteiger partial charge >= 0.3 is 0 Å². The average molecular weight is 308 g/mol. The lowest BCUT2D eigenvalue weighted by molar-refractivity contribution is 0.421. The zero-order valence-corrected chi connectivity index (χ0v) is 14.8. The molecular formula is C17H32N4O. The second-order valence-corrected chi connectivity index (χ2v) is 5.85. The van der Waals surface area contributed by atoms with Crippen LogP contribution in [0.3, 0.4) is 0 Å². The van der Waals surface area contributed by atoms with Crippen molar-refractivity contribution in [3.05, 3.63) is 17.3 Å². The lowest BCUT2D eigenvalue weighted by atomic mass is 9.97. The summed E-state index contributed by atoms with van der Waals surface area (Å²) in [6.45, 7) is 9.91. The SMILES string of the molecule is CCCCC(CCC)CNC(=NC)NCc1nc(C)c(C)o1. The predicted molar refractivity (Wildman–Crippen MR) is 92.1 cm³/mol. The Bertz CT molecular complexity index is 434. The number of oxazole rings is 1. The second kappa shape index (κ2) is 10.2. The van der Waals surface area contributed by atoms with Gasteiger partial charge in [0, 0.05) is 13.6 Å². The minimum Gasteiger partial charge on any atom is -0.444 e. The van der Waals surface area contributed by atoms with E-state index in [1.165, 1.54) is 32.1 Å². The third-order valence-electron chi connectivity index (χ3n) is 3.92. The predicted octanol–water partition coefficient (Wildman–Crippen LogP) is 3.56. The molecule has 126 valence electrons. The minimum absolute atomic E-state index is 0.557. The van der Waals surface area contributed by atoms with Crippen molar-refractivity contribution in [2.45, 2.75) is 66.3 Å². The fourth-order valence-electron chi connectivity index (χ4n) is 2.49. The third kappa shape index (κ3) is 6.50. The summed E-state index contributed by atoms with van der Waals surface area (Å²) < 4.78 is 5.57. The van der Waals surface area contributed by atoms with Crippen LogP contribution in [0, 0.1) is 19.8 Å². The number of hydrogen-bond acceptors (Lipinski definition) is 3. The van der Waals surface area contributed by atoms with Gasteiger partial charge in [0.2, 0.25) is 5.89 Å². The van der Waals surface area contributed by atoms with E-state index in [0.717, 1.165) is 29.9 Å². The highest BCUT2D eigenvalue weighted by Gasteiger charge is 2.10. The van der Waals surface area contributed by atoms with Crippen molar-refractivity contribution in [1.82, 2.24) is 15.6 Å². The molecule has 2 N–H and O–H groups in total. The van der Waals surface area contributed by atoms with Crippen molar-refractivity contribution >= 4 is 5.96 Å². The largest absolute Gasteiger partial charge is 0.444 e. The van der Waals surface area contributed by atoms with Crippen LogP contribution in [0.2, 0.25) is 0 Å². The number of aliphatic imine (C=N–C) groups is 1. The quantitative estimate of drug-likeness (QED) is 0.541. The summed E-state index contributed by atoms with van der Waals surface area (Å²) in [6.07, 6.45) is 6.34. The van der Waals surface area contributed by atoms with E-state index in [1.807, 2.05) is 13.8 Å². The molecule has 22 heavy (non-hydrogen) atoms. The van der Waals surface area contributed by atoms with Gasteiger partial charge in [-0.3, -0.25) is 4.99 Å². The zero-order chi connectivity index (χ0) is 16.4. The van der Waals surface area contributed by atoms with Crippen LogP contribution >= 0.6 is 0 Å². The summed E-state index contributed by atoms with van der Waals surface area (Å²) in [5, 5.41) is 6.69. The molecule has 0 spiro atoms. The van der Waals surface area contributed by atoms with Crippen LogP contribution in [0.25, 0.3) is 0 Å². The Hall–Kier alpha value is -1.52. The maximum Gasteiger partial charge on any atom is 0.214 e. The summed E-state index contributed by atoms with van der Waals surface area (Å²) in [5.74, 6) is 3.11. The molecule has 0 radical (unpaired) electrons. The normalized spacial score (nSPS) is 13.2. The smallest absolute Gasteiger partial charge is 0.214 e. The first-order valence-electron chi connectivity index (χ1n) is 8.48. The van der Waals surface area contributed by atoms with Crippen molar-refractivity contribution < 1.29 is 4.42 Å². The number of aryl methyl sites for hydroxylation is 2. The van der Waals surface area contributed by atoms with E-state index in [2.05, 4.69) is 34.5 Å². The first-order valence-corrected chi connectivity index (χ1v) is 8.48. The number of rotatable bonds is 9. The van der Waals surface area contributed by atoms with Gasteiger partial charge in [-0.25, -0.2) is 4.98 Å². The van der Waals surface area contributed by atoms with Crippen LogP contribution in [0.5, 0.6) is 0 Å². The molecule has 5 nitrogen and oxygen atoms in total. The molecule has 1 rings (SSSR count). The zero-order valence-electron chi connectivity index (χ0n) is 14.8. The van der Waals surface area contributed by atoms with Gasteiger partial charge in [0.25, 0.3) is 0 Å². The van der Waals surface area contributed by atoms with Crippen LogP contribution in [-0.4, -0.2) is 24.5 Å². The number of unbranched alkanes of at least 4 members (excludes halogenated alkanes) is 1. The van der Waals surface area contributed by atoms with E-state index in [4.69, 9.17) is 4.42 Å². The molecule has 0 saturated heterocycles. The molecule has 0 aliphatic heterocycles. The Morgan fingerprint density at radius 3 is 2.50 bits per heavy atom. The molecule has 0 fully saturated rings. The van der Waals surface area contributed by atoms with Crippen molar-refractivity contribution in [1.29, 1.82) is 0 Å². The second-order valence-electron chi connectivity index (χ2n) is 5.85. The topological polar surface area (TPSA) is 62.5 Å². The molecule has 1 heterocycles. The third-order valence-corrected chi connectivity index (χ3v) is 3.92. The van der Waals surface area contributed by atoms with E-state index >= 15 is 0 Å². The van der Waals surface area contributed by atoms with E-state index in [1.54, 1.807) is 7.05 Å². The highest BCUT2D eigenvalue weighted by atomic mass is 16.4. The van der Waals surface area contributed by atoms with E-state index in [0.29, 0.717) is 12.4 Å². The summed E-state index contributed by atoms with van der Waals surface area (Å²) in [6, 6.07) is 0. The lowest BCUT2D eigenvalue weighted by Crippen LogP contribution is -2.39. The Morgan fingerprint density at radius 1 is 1.18 bits per heavy atom. The van der Waals surface area contributed by atoms with Crippen LogP contribution in [0.4, 0.5) is 0 Å². The molecule has 1 aromatic rings. The molecule has 1 unspecified atom stereocenters. The standard InChI is InChI=1S/C17H32N4O/c1-6-8-10-15(9-7-2)11-19-17(18-5)20-12-16-21-13(3)14(4)22-16/h15H,6-12H2,1-5H3,(H2,18,19,20). The van der Waals surface area contributed by atoms with E-state index in [-0.39, 0.29) is 0 Å².